The zero-order chi connectivity index (χ0) is 20.1. The van der Waals surface area contributed by atoms with Crippen LogP contribution in [0.5, 0.6) is 0 Å². The summed E-state index contributed by atoms with van der Waals surface area (Å²) >= 11 is 5.92. The van der Waals surface area contributed by atoms with Gasteiger partial charge in [0.15, 0.2) is 6.61 Å². The molecule has 0 saturated heterocycles. The van der Waals surface area contributed by atoms with Gasteiger partial charge in [0.2, 0.25) is 0 Å². The number of nitrogens with zero attached hydrogens (tertiary/aromatic N) is 1. The van der Waals surface area contributed by atoms with E-state index < -0.39 is 28.5 Å². The Hall–Kier alpha value is -1.68. The molecule has 0 aliphatic carbocycles. The van der Waals surface area contributed by atoms with Gasteiger partial charge in [-0.25, -0.2) is 13.2 Å². The molecule has 0 unspecified atom stereocenters. The number of hydrogen-bond donors (Lipinski definition) is 1. The average Bonchev–Trinajstić information content (AvgIpc) is 2.58. The Balaban J connectivity index is 2.89. The summed E-state index contributed by atoms with van der Waals surface area (Å²) in [6.45, 7) is 5.26. The predicted molar refractivity (Wildman–Crippen MR) is 96.1 cm³/mol. The fourth-order valence-corrected chi connectivity index (χ4v) is 3.21. The Morgan fingerprint density at radius 2 is 1.88 bits per heavy atom. The third kappa shape index (κ3) is 5.66. The zero-order valence-electron chi connectivity index (χ0n) is 15.3. The third-order valence-corrected chi connectivity index (χ3v) is 5.92. The monoisotopic (exact) mass is 406 g/mol. The molecule has 146 valence electrons. The van der Waals surface area contributed by atoms with E-state index in [-0.39, 0.29) is 27.4 Å². The highest BCUT2D eigenvalue weighted by Gasteiger charge is 2.25. The molecule has 1 amide bonds. The van der Waals surface area contributed by atoms with Crippen molar-refractivity contribution >= 4 is 33.5 Å². The van der Waals surface area contributed by atoms with Gasteiger partial charge in [0, 0.05) is 13.1 Å². The number of sulfonamides is 1. The number of benzene rings is 1. The van der Waals surface area contributed by atoms with Gasteiger partial charge < -0.3 is 10.1 Å². The molecule has 0 radical (unpaired) electrons. The number of ether oxygens (including phenoxy) is 1. The second kappa shape index (κ2) is 9.31. The van der Waals surface area contributed by atoms with E-state index in [0.717, 1.165) is 6.07 Å². The minimum Gasteiger partial charge on any atom is -0.452 e. The van der Waals surface area contributed by atoms with E-state index in [1.54, 1.807) is 0 Å². The van der Waals surface area contributed by atoms with Crippen molar-refractivity contribution in [2.24, 2.45) is 5.92 Å². The molecule has 0 aromatic heterocycles. The molecule has 0 spiro atoms. The Labute approximate surface area is 158 Å². The molecular formula is C16H23ClN2O6S. The van der Waals surface area contributed by atoms with Gasteiger partial charge in [-0.1, -0.05) is 29.9 Å². The summed E-state index contributed by atoms with van der Waals surface area (Å²) in [7, 11) is -1.67. The number of nitrogens with one attached hydrogen (secondary N) is 1. The third-order valence-electron chi connectivity index (χ3n) is 3.76. The minimum atomic E-state index is -4.04. The van der Waals surface area contributed by atoms with Gasteiger partial charge >= 0.3 is 5.97 Å². The highest BCUT2D eigenvalue weighted by molar-refractivity contribution is 7.89. The highest BCUT2D eigenvalue weighted by Crippen LogP contribution is 2.25. The molecule has 0 fully saturated rings. The van der Waals surface area contributed by atoms with Crippen LogP contribution in [0, 0.1) is 5.92 Å². The van der Waals surface area contributed by atoms with Gasteiger partial charge in [0.05, 0.1) is 17.7 Å². The largest absolute Gasteiger partial charge is 0.452 e. The van der Waals surface area contributed by atoms with Crippen LogP contribution >= 0.6 is 11.6 Å². The van der Waals surface area contributed by atoms with E-state index in [1.807, 2.05) is 20.8 Å². The summed E-state index contributed by atoms with van der Waals surface area (Å²) in [5, 5.41) is 2.62. The molecule has 1 N–H and O–H groups in total. The first kappa shape index (κ1) is 22.4. The number of halogens is 1. The standard InChI is InChI=1S/C16H23ClN2O6S/c1-10(2)11(3)18-15(20)9-25-16(21)12-6-7-13(17)14(8-12)26(22,23)19(4)24-5/h6-8,10-11H,9H2,1-5H3,(H,18,20)/t11-/m1/s1. The SMILES string of the molecule is CON(C)S(=O)(=O)c1cc(C(=O)OCC(=O)N[C@H](C)C(C)C)ccc1Cl. The highest BCUT2D eigenvalue weighted by atomic mass is 35.5. The van der Waals surface area contributed by atoms with Crippen molar-refractivity contribution in [3.05, 3.63) is 28.8 Å². The molecule has 26 heavy (non-hydrogen) atoms. The van der Waals surface area contributed by atoms with Gasteiger partial charge in [-0.05, 0) is 31.0 Å². The van der Waals surface area contributed by atoms with Crippen LogP contribution in [0.2, 0.25) is 5.02 Å². The van der Waals surface area contributed by atoms with Crippen molar-refractivity contribution in [1.29, 1.82) is 0 Å². The Morgan fingerprint density at radius 3 is 2.42 bits per heavy atom. The Bertz CT molecular complexity index is 766. The molecule has 0 saturated carbocycles. The van der Waals surface area contributed by atoms with Crippen molar-refractivity contribution in [2.75, 3.05) is 20.8 Å². The van der Waals surface area contributed by atoms with Crippen molar-refractivity contribution in [2.45, 2.75) is 31.7 Å². The van der Waals surface area contributed by atoms with Crippen molar-refractivity contribution < 1.29 is 27.6 Å². The summed E-state index contributed by atoms with van der Waals surface area (Å²) in [6, 6.07) is 3.57. The smallest absolute Gasteiger partial charge is 0.338 e. The quantitative estimate of drug-likeness (QED) is 0.522. The maximum Gasteiger partial charge on any atom is 0.338 e. The molecule has 0 aliphatic rings. The first-order chi connectivity index (χ1) is 12.0. The van der Waals surface area contributed by atoms with Gasteiger partial charge in [0.1, 0.15) is 4.90 Å². The Kier molecular flexibility index (Phi) is 8.01. The van der Waals surface area contributed by atoms with Crippen LogP contribution in [0.1, 0.15) is 31.1 Å². The van der Waals surface area contributed by atoms with Gasteiger partial charge in [-0.2, -0.15) is 0 Å². The van der Waals surface area contributed by atoms with Crippen molar-refractivity contribution in [1.82, 2.24) is 9.79 Å². The fourth-order valence-electron chi connectivity index (χ4n) is 1.74. The minimum absolute atomic E-state index is 0.0535. The van der Waals surface area contributed by atoms with Crippen LogP contribution in [-0.4, -0.2) is 51.6 Å². The first-order valence-electron chi connectivity index (χ1n) is 7.79. The lowest BCUT2D eigenvalue weighted by molar-refractivity contribution is -0.125. The zero-order valence-corrected chi connectivity index (χ0v) is 16.8. The van der Waals surface area contributed by atoms with Crippen LogP contribution in [0.25, 0.3) is 0 Å². The van der Waals surface area contributed by atoms with E-state index in [9.17, 15) is 18.0 Å². The van der Waals surface area contributed by atoms with Gasteiger partial charge in [0.25, 0.3) is 15.9 Å². The number of carbonyl (C=O) groups is 2. The Morgan fingerprint density at radius 1 is 1.27 bits per heavy atom. The van der Waals surface area contributed by atoms with Crippen LogP contribution < -0.4 is 5.32 Å². The lowest BCUT2D eigenvalue weighted by atomic mass is 10.1. The molecule has 10 heteroatoms. The molecule has 1 aromatic rings. The van der Waals surface area contributed by atoms with E-state index in [4.69, 9.17) is 16.3 Å². The maximum atomic E-state index is 12.3. The van der Waals surface area contributed by atoms with E-state index >= 15 is 0 Å². The number of rotatable bonds is 8. The number of amides is 1. The second-order valence-corrected chi connectivity index (χ2v) is 8.23. The first-order valence-corrected chi connectivity index (χ1v) is 9.61. The molecule has 0 heterocycles. The van der Waals surface area contributed by atoms with E-state index in [0.29, 0.717) is 4.47 Å². The molecule has 0 aliphatic heterocycles. The summed E-state index contributed by atoms with van der Waals surface area (Å²) in [5.41, 5.74) is -0.0535. The van der Waals surface area contributed by atoms with E-state index in [1.165, 1.54) is 26.3 Å². The molecule has 0 bridgehead atoms. The summed E-state index contributed by atoms with van der Waals surface area (Å²) in [4.78, 5) is 28.3. The maximum absolute atomic E-state index is 12.3. The van der Waals surface area contributed by atoms with Gasteiger partial charge in [-0.3, -0.25) is 9.63 Å². The number of carbonyl (C=O) groups excluding carboxylic acids is 2. The summed E-state index contributed by atoms with van der Waals surface area (Å²) < 4.78 is 30.2. The van der Waals surface area contributed by atoms with Crippen LogP contribution in [-0.2, 0) is 24.4 Å². The summed E-state index contributed by atoms with van der Waals surface area (Å²) in [5.74, 6) is -1.05. The molecular weight excluding hydrogens is 384 g/mol. The predicted octanol–water partition coefficient (Wildman–Crippen LogP) is 1.84. The van der Waals surface area contributed by atoms with Gasteiger partial charge in [-0.15, -0.1) is 0 Å². The van der Waals surface area contributed by atoms with Crippen LogP contribution in [0.15, 0.2) is 23.1 Å². The lowest BCUT2D eigenvalue weighted by Gasteiger charge is -2.17. The molecule has 8 nitrogen and oxygen atoms in total. The normalized spacial score (nSPS) is 12.9. The van der Waals surface area contributed by atoms with Crippen LogP contribution in [0.4, 0.5) is 0 Å². The average molecular weight is 407 g/mol. The van der Waals surface area contributed by atoms with Crippen molar-refractivity contribution in [3.63, 3.8) is 0 Å². The number of esters is 1. The molecule has 1 rings (SSSR count). The number of hydrogen-bond acceptors (Lipinski definition) is 6. The molecule has 1 aromatic carbocycles. The topological polar surface area (TPSA) is 102 Å². The second-order valence-electron chi connectivity index (χ2n) is 5.92. The lowest BCUT2D eigenvalue weighted by Crippen LogP contribution is -2.38. The summed E-state index contributed by atoms with van der Waals surface area (Å²) in [6.07, 6.45) is 0. The van der Waals surface area contributed by atoms with Crippen LogP contribution in [0.3, 0.4) is 0 Å². The number of hydroxylamine groups is 1. The molecule has 1 atom stereocenters. The van der Waals surface area contributed by atoms with Crippen molar-refractivity contribution in [3.8, 4) is 0 Å². The fraction of sp³-hybridized carbons (Fsp3) is 0.500. The van der Waals surface area contributed by atoms with E-state index in [2.05, 4.69) is 10.2 Å².